The van der Waals surface area contributed by atoms with Crippen LogP contribution in [0.5, 0.6) is 0 Å². The van der Waals surface area contributed by atoms with Gasteiger partial charge in [-0.15, -0.1) is 0 Å². The molecule has 0 aliphatic carbocycles. The van der Waals surface area contributed by atoms with Crippen molar-refractivity contribution in [2.75, 3.05) is 5.32 Å². The Morgan fingerprint density at radius 3 is 2.25 bits per heavy atom. The molecule has 16 heavy (non-hydrogen) atoms. The summed E-state index contributed by atoms with van der Waals surface area (Å²) >= 11 is 0. The van der Waals surface area contributed by atoms with E-state index in [0.29, 0.717) is 12.2 Å². The van der Waals surface area contributed by atoms with E-state index in [4.69, 9.17) is 0 Å². The van der Waals surface area contributed by atoms with Crippen molar-refractivity contribution in [3.05, 3.63) is 54.1 Å². The molecule has 0 unspecified atom stereocenters. The molecule has 0 saturated carbocycles. The third-order valence-corrected chi connectivity index (χ3v) is 1.97. The highest BCUT2D eigenvalue weighted by molar-refractivity contribution is 5.44. The molecule has 1 aromatic carbocycles. The molecular formula is C11H9F2N3. The lowest BCUT2D eigenvalue weighted by molar-refractivity contribution is 0.584. The number of hydrogen-bond donors (Lipinski definition) is 1. The number of benzene rings is 1. The van der Waals surface area contributed by atoms with E-state index in [1.165, 1.54) is 18.5 Å². The molecule has 0 fully saturated rings. The van der Waals surface area contributed by atoms with Crippen molar-refractivity contribution in [3.63, 3.8) is 0 Å². The highest BCUT2D eigenvalue weighted by Crippen LogP contribution is 2.13. The SMILES string of the molecule is Fc1cc(F)cc(NCc2cncnc2)c1. The third-order valence-electron chi connectivity index (χ3n) is 1.97. The second kappa shape index (κ2) is 4.65. The first kappa shape index (κ1) is 10.5. The van der Waals surface area contributed by atoms with Crippen molar-refractivity contribution >= 4 is 5.69 Å². The van der Waals surface area contributed by atoms with Gasteiger partial charge in [0, 0.05) is 36.3 Å². The number of aromatic nitrogens is 2. The summed E-state index contributed by atoms with van der Waals surface area (Å²) in [5.74, 6) is -1.21. The molecule has 5 heteroatoms. The molecule has 0 spiro atoms. The fourth-order valence-electron chi connectivity index (χ4n) is 1.28. The van der Waals surface area contributed by atoms with Crippen molar-refractivity contribution in [3.8, 4) is 0 Å². The van der Waals surface area contributed by atoms with Crippen molar-refractivity contribution in [2.45, 2.75) is 6.54 Å². The second-order valence-electron chi connectivity index (χ2n) is 3.26. The van der Waals surface area contributed by atoms with Crippen LogP contribution in [0.2, 0.25) is 0 Å². The maximum Gasteiger partial charge on any atom is 0.128 e. The summed E-state index contributed by atoms with van der Waals surface area (Å²) in [5.41, 5.74) is 1.23. The maximum absolute atomic E-state index is 12.8. The third kappa shape index (κ3) is 2.73. The molecule has 0 amide bonds. The predicted octanol–water partition coefficient (Wildman–Crippen LogP) is 2.37. The molecule has 0 atom stereocenters. The molecule has 1 heterocycles. The van der Waals surface area contributed by atoms with Gasteiger partial charge in [-0.2, -0.15) is 0 Å². The standard InChI is InChI=1S/C11H9F2N3/c12-9-1-10(13)3-11(2-9)16-6-8-4-14-7-15-5-8/h1-5,7,16H,6H2. The predicted molar refractivity (Wildman–Crippen MR) is 55.7 cm³/mol. The van der Waals surface area contributed by atoms with Gasteiger partial charge in [-0.3, -0.25) is 0 Å². The van der Waals surface area contributed by atoms with E-state index in [1.807, 2.05) is 0 Å². The fourth-order valence-corrected chi connectivity index (χ4v) is 1.28. The van der Waals surface area contributed by atoms with Crippen LogP contribution in [0, 0.1) is 11.6 Å². The largest absolute Gasteiger partial charge is 0.381 e. The number of anilines is 1. The number of nitrogens with zero attached hydrogens (tertiary/aromatic N) is 2. The summed E-state index contributed by atoms with van der Waals surface area (Å²) in [6.45, 7) is 0.420. The molecule has 1 N–H and O–H groups in total. The Morgan fingerprint density at radius 1 is 1.00 bits per heavy atom. The van der Waals surface area contributed by atoms with Crippen LogP contribution in [0.15, 0.2) is 36.9 Å². The Bertz CT molecular complexity index is 454. The summed E-state index contributed by atoms with van der Waals surface area (Å²) in [6, 6.07) is 3.29. The number of halogens is 2. The molecule has 0 radical (unpaired) electrons. The lowest BCUT2D eigenvalue weighted by Crippen LogP contribution is -2.01. The molecule has 1 aromatic heterocycles. The molecule has 3 nitrogen and oxygen atoms in total. The average Bonchev–Trinajstić information content (AvgIpc) is 2.27. The number of hydrogen-bond acceptors (Lipinski definition) is 3. The first-order chi connectivity index (χ1) is 7.74. The Morgan fingerprint density at radius 2 is 1.62 bits per heavy atom. The van der Waals surface area contributed by atoms with Crippen molar-refractivity contribution in [1.82, 2.24) is 9.97 Å². The summed E-state index contributed by atoms with van der Waals surface area (Å²) < 4.78 is 25.7. The minimum Gasteiger partial charge on any atom is -0.381 e. The van der Waals surface area contributed by atoms with Gasteiger partial charge >= 0.3 is 0 Å². The molecule has 0 aliphatic rings. The van der Waals surface area contributed by atoms with Gasteiger partial charge in [0.2, 0.25) is 0 Å². The quantitative estimate of drug-likeness (QED) is 0.864. The maximum atomic E-state index is 12.8. The van der Waals surface area contributed by atoms with Crippen LogP contribution in [-0.2, 0) is 6.54 Å². The zero-order valence-electron chi connectivity index (χ0n) is 8.32. The van der Waals surface area contributed by atoms with Gasteiger partial charge in [0.25, 0.3) is 0 Å². The Hall–Kier alpha value is -2.04. The highest BCUT2D eigenvalue weighted by atomic mass is 19.1. The number of rotatable bonds is 3. The Labute approximate surface area is 91.2 Å². The summed E-state index contributed by atoms with van der Waals surface area (Å²) in [5, 5.41) is 2.88. The van der Waals surface area contributed by atoms with E-state index >= 15 is 0 Å². The number of nitrogens with one attached hydrogen (secondary N) is 1. The smallest absolute Gasteiger partial charge is 0.128 e. The fraction of sp³-hybridized carbons (Fsp3) is 0.0909. The van der Waals surface area contributed by atoms with Gasteiger partial charge in [-0.05, 0) is 12.1 Å². The van der Waals surface area contributed by atoms with Crippen LogP contribution >= 0.6 is 0 Å². The lowest BCUT2D eigenvalue weighted by atomic mass is 10.2. The topological polar surface area (TPSA) is 37.8 Å². The van der Waals surface area contributed by atoms with Crippen LogP contribution in [0.25, 0.3) is 0 Å². The summed E-state index contributed by atoms with van der Waals surface area (Å²) in [4.78, 5) is 7.67. The molecule has 82 valence electrons. The van der Waals surface area contributed by atoms with Crippen LogP contribution in [0.4, 0.5) is 14.5 Å². The van der Waals surface area contributed by atoms with Crippen molar-refractivity contribution < 1.29 is 8.78 Å². The minimum absolute atomic E-state index is 0.390. The van der Waals surface area contributed by atoms with Crippen LogP contribution in [0.1, 0.15) is 5.56 Å². The van der Waals surface area contributed by atoms with Gasteiger partial charge in [0.1, 0.15) is 18.0 Å². The molecule has 0 saturated heterocycles. The van der Waals surface area contributed by atoms with Gasteiger partial charge in [-0.25, -0.2) is 18.7 Å². The molecule has 2 rings (SSSR count). The van der Waals surface area contributed by atoms with Gasteiger partial charge in [0.05, 0.1) is 0 Å². The Kier molecular flexibility index (Phi) is 3.05. The average molecular weight is 221 g/mol. The van der Waals surface area contributed by atoms with E-state index in [0.717, 1.165) is 11.6 Å². The Balaban J connectivity index is 2.05. The molecule has 0 aliphatic heterocycles. The van der Waals surface area contributed by atoms with E-state index in [2.05, 4.69) is 15.3 Å². The first-order valence-corrected chi connectivity index (χ1v) is 4.68. The van der Waals surface area contributed by atoms with Crippen LogP contribution in [0.3, 0.4) is 0 Å². The van der Waals surface area contributed by atoms with Crippen LogP contribution < -0.4 is 5.32 Å². The van der Waals surface area contributed by atoms with Crippen molar-refractivity contribution in [2.24, 2.45) is 0 Å². The zero-order chi connectivity index (χ0) is 11.4. The molecule has 0 bridgehead atoms. The van der Waals surface area contributed by atoms with E-state index in [-0.39, 0.29) is 0 Å². The molecule has 2 aromatic rings. The second-order valence-corrected chi connectivity index (χ2v) is 3.26. The molecular weight excluding hydrogens is 212 g/mol. The highest BCUT2D eigenvalue weighted by Gasteiger charge is 2.00. The zero-order valence-corrected chi connectivity index (χ0v) is 8.32. The van der Waals surface area contributed by atoms with Crippen LogP contribution in [-0.4, -0.2) is 9.97 Å². The summed E-state index contributed by atoms with van der Waals surface area (Å²) in [7, 11) is 0. The first-order valence-electron chi connectivity index (χ1n) is 4.68. The lowest BCUT2D eigenvalue weighted by Gasteiger charge is -2.05. The van der Waals surface area contributed by atoms with E-state index in [9.17, 15) is 8.78 Å². The normalized spacial score (nSPS) is 10.1. The van der Waals surface area contributed by atoms with Gasteiger partial charge < -0.3 is 5.32 Å². The summed E-state index contributed by atoms with van der Waals surface area (Å²) in [6.07, 6.45) is 4.69. The van der Waals surface area contributed by atoms with Gasteiger partial charge in [0.15, 0.2) is 0 Å². The van der Waals surface area contributed by atoms with E-state index in [1.54, 1.807) is 12.4 Å². The monoisotopic (exact) mass is 221 g/mol. The van der Waals surface area contributed by atoms with E-state index < -0.39 is 11.6 Å². The minimum atomic E-state index is -0.605. The van der Waals surface area contributed by atoms with Crippen molar-refractivity contribution in [1.29, 1.82) is 0 Å². The van der Waals surface area contributed by atoms with Gasteiger partial charge in [-0.1, -0.05) is 0 Å².